The van der Waals surface area contributed by atoms with E-state index in [1.54, 1.807) is 36.4 Å². The van der Waals surface area contributed by atoms with Crippen molar-refractivity contribution in [2.45, 2.75) is 12.5 Å². The number of morpholine rings is 1. The molecule has 3 aliphatic rings. The highest BCUT2D eigenvalue weighted by Gasteiger charge is 2.31. The Morgan fingerprint density at radius 1 is 0.975 bits per heavy atom. The third-order valence-corrected chi connectivity index (χ3v) is 8.05. The molecule has 8 nitrogen and oxygen atoms in total. The lowest BCUT2D eigenvalue weighted by Crippen LogP contribution is -2.38. The molecule has 0 atom stereocenters. The molecule has 208 valence electrons. The molecule has 2 saturated heterocycles. The highest BCUT2D eigenvalue weighted by molar-refractivity contribution is 6.39. The van der Waals surface area contributed by atoms with Crippen LogP contribution in [0.1, 0.15) is 37.8 Å². The van der Waals surface area contributed by atoms with E-state index in [2.05, 4.69) is 0 Å². The summed E-state index contributed by atoms with van der Waals surface area (Å²) in [6.07, 6.45) is 0. The van der Waals surface area contributed by atoms with Gasteiger partial charge in [0.15, 0.2) is 6.73 Å². The highest BCUT2D eigenvalue weighted by Crippen LogP contribution is 2.41. The predicted molar refractivity (Wildman–Crippen MR) is 147 cm³/mol. The van der Waals surface area contributed by atoms with Crippen molar-refractivity contribution < 1.29 is 33.3 Å². The topological polar surface area (TPSA) is 88.5 Å². The minimum atomic E-state index is -1.21. The van der Waals surface area contributed by atoms with Gasteiger partial charge in [-0.3, -0.25) is 4.79 Å². The first-order valence-electron chi connectivity index (χ1n) is 12.8. The van der Waals surface area contributed by atoms with Gasteiger partial charge in [0.05, 0.1) is 59.8 Å². The maximum atomic E-state index is 15.4. The summed E-state index contributed by atoms with van der Waals surface area (Å²) in [6.45, 7) is 3.16. The van der Waals surface area contributed by atoms with E-state index in [4.69, 9.17) is 37.4 Å². The molecule has 2 fully saturated rings. The standard InChI is InChI=1S/C29H25Cl2FN2O6/c30-22-8-17(18-13-39-14-18)9-23(31)26(22)28(35)34-12-16-2-1-3-19(27(16)40-15-34)20-11-25(33-4-6-38-7-5-33)21(29(36)37)10-24(20)32/h1-3,8-11,18H,4-7,12-15H2,(H,36,37). The van der Waals surface area contributed by atoms with E-state index in [9.17, 15) is 14.7 Å². The summed E-state index contributed by atoms with van der Waals surface area (Å²) in [6, 6.07) is 11.4. The van der Waals surface area contributed by atoms with Crippen molar-refractivity contribution >= 4 is 40.8 Å². The van der Waals surface area contributed by atoms with Gasteiger partial charge in [-0.1, -0.05) is 41.4 Å². The number of ether oxygens (including phenoxy) is 3. The van der Waals surface area contributed by atoms with Crippen LogP contribution >= 0.6 is 23.2 Å². The number of rotatable bonds is 5. The summed E-state index contributed by atoms with van der Waals surface area (Å²) < 4.78 is 32.1. The Hall–Kier alpha value is -3.37. The van der Waals surface area contributed by atoms with Crippen molar-refractivity contribution in [3.8, 4) is 16.9 Å². The summed E-state index contributed by atoms with van der Waals surface area (Å²) in [7, 11) is 0. The van der Waals surface area contributed by atoms with E-state index in [1.165, 1.54) is 4.90 Å². The number of amides is 1. The summed E-state index contributed by atoms with van der Waals surface area (Å²) in [5.41, 5.74) is 2.77. The smallest absolute Gasteiger partial charge is 0.337 e. The van der Waals surface area contributed by atoms with Gasteiger partial charge in [0.2, 0.25) is 0 Å². The largest absolute Gasteiger partial charge is 0.478 e. The number of carbonyl (C=O) groups excluding carboxylic acids is 1. The lowest BCUT2D eigenvalue weighted by Gasteiger charge is -2.32. The van der Waals surface area contributed by atoms with Gasteiger partial charge in [0, 0.05) is 35.7 Å². The van der Waals surface area contributed by atoms with Crippen molar-refractivity contribution in [1.29, 1.82) is 0 Å². The van der Waals surface area contributed by atoms with Crippen molar-refractivity contribution in [1.82, 2.24) is 4.90 Å². The Morgan fingerprint density at radius 3 is 2.35 bits per heavy atom. The summed E-state index contributed by atoms with van der Waals surface area (Å²) in [5.74, 6) is -1.64. The SMILES string of the molecule is O=C(O)c1cc(F)c(-c2cccc3c2OCN(C(=O)c2c(Cl)cc(C4COC4)cc2Cl)C3)cc1N1CCOCC1. The number of hydrogen-bond acceptors (Lipinski definition) is 6. The molecular weight excluding hydrogens is 562 g/mol. The van der Waals surface area contributed by atoms with E-state index in [-0.39, 0.29) is 51.8 Å². The van der Waals surface area contributed by atoms with Gasteiger partial charge in [-0.25, -0.2) is 9.18 Å². The Morgan fingerprint density at radius 2 is 1.70 bits per heavy atom. The molecule has 6 rings (SSSR count). The first-order chi connectivity index (χ1) is 19.3. The van der Waals surface area contributed by atoms with Crippen LogP contribution in [0.25, 0.3) is 11.1 Å². The Balaban J connectivity index is 1.31. The van der Waals surface area contributed by atoms with Gasteiger partial charge in [0.1, 0.15) is 11.6 Å². The maximum absolute atomic E-state index is 15.4. The monoisotopic (exact) mass is 586 g/mol. The third kappa shape index (κ3) is 4.88. The Bertz CT molecular complexity index is 1480. The number of nitrogens with zero attached hydrogens (tertiary/aromatic N) is 2. The summed E-state index contributed by atoms with van der Waals surface area (Å²) >= 11 is 13.0. The number of para-hydroxylation sites is 1. The molecule has 0 aromatic heterocycles. The van der Waals surface area contributed by atoms with Gasteiger partial charge < -0.3 is 29.1 Å². The molecule has 3 aromatic carbocycles. The van der Waals surface area contributed by atoms with Crippen LogP contribution < -0.4 is 9.64 Å². The zero-order valence-electron chi connectivity index (χ0n) is 21.3. The van der Waals surface area contributed by atoms with E-state index < -0.39 is 11.8 Å². The highest BCUT2D eigenvalue weighted by atomic mass is 35.5. The summed E-state index contributed by atoms with van der Waals surface area (Å²) in [4.78, 5) is 28.7. The molecule has 40 heavy (non-hydrogen) atoms. The minimum Gasteiger partial charge on any atom is -0.478 e. The van der Waals surface area contributed by atoms with Gasteiger partial charge >= 0.3 is 5.97 Å². The van der Waals surface area contributed by atoms with E-state index in [0.717, 1.165) is 11.6 Å². The number of anilines is 1. The van der Waals surface area contributed by atoms with Gasteiger partial charge in [-0.2, -0.15) is 0 Å². The molecular formula is C29H25Cl2FN2O6. The lowest BCUT2D eigenvalue weighted by molar-refractivity contribution is 0.00842. The van der Waals surface area contributed by atoms with Crippen LogP contribution in [-0.2, 0) is 16.0 Å². The Labute approximate surface area is 239 Å². The van der Waals surface area contributed by atoms with E-state index in [0.29, 0.717) is 62.1 Å². The van der Waals surface area contributed by atoms with Crippen molar-refractivity contribution in [3.63, 3.8) is 0 Å². The van der Waals surface area contributed by atoms with Gasteiger partial charge in [-0.15, -0.1) is 0 Å². The molecule has 0 radical (unpaired) electrons. The third-order valence-electron chi connectivity index (χ3n) is 7.46. The number of halogens is 3. The zero-order chi connectivity index (χ0) is 28.0. The first-order valence-corrected chi connectivity index (χ1v) is 13.6. The lowest BCUT2D eigenvalue weighted by atomic mass is 9.96. The van der Waals surface area contributed by atoms with Crippen LogP contribution in [-0.4, -0.2) is 68.1 Å². The quantitative estimate of drug-likeness (QED) is 0.426. The summed E-state index contributed by atoms with van der Waals surface area (Å²) in [5, 5.41) is 10.3. The molecule has 0 saturated carbocycles. The average Bonchev–Trinajstić information content (AvgIpc) is 2.91. The minimum absolute atomic E-state index is 0.0983. The van der Waals surface area contributed by atoms with Crippen LogP contribution in [0.3, 0.4) is 0 Å². The van der Waals surface area contributed by atoms with Crippen molar-refractivity contribution in [3.05, 3.63) is 80.6 Å². The second-order valence-corrected chi connectivity index (χ2v) is 10.7. The molecule has 3 aliphatic heterocycles. The normalized spacial score (nSPS) is 17.2. The molecule has 3 aromatic rings. The van der Waals surface area contributed by atoms with Gasteiger partial charge in [0.25, 0.3) is 5.91 Å². The average molecular weight is 587 g/mol. The fourth-order valence-electron chi connectivity index (χ4n) is 5.24. The maximum Gasteiger partial charge on any atom is 0.337 e. The molecule has 0 aliphatic carbocycles. The van der Waals surface area contributed by atoms with Crippen molar-refractivity contribution in [2.75, 3.05) is 51.1 Å². The number of fused-ring (bicyclic) bond motifs is 1. The van der Waals surface area contributed by atoms with Crippen molar-refractivity contribution in [2.24, 2.45) is 0 Å². The predicted octanol–water partition coefficient (Wildman–Crippen LogP) is 5.44. The molecule has 3 heterocycles. The van der Waals surface area contributed by atoms with Gasteiger partial charge in [-0.05, 0) is 29.8 Å². The number of benzene rings is 3. The van der Waals surface area contributed by atoms with E-state index in [1.807, 2.05) is 4.90 Å². The fourth-order valence-corrected chi connectivity index (χ4v) is 5.91. The van der Waals surface area contributed by atoms with Crippen LogP contribution in [0.4, 0.5) is 10.1 Å². The molecule has 1 N–H and O–H groups in total. The van der Waals surface area contributed by atoms with Crippen LogP contribution in [0.2, 0.25) is 10.0 Å². The second kappa shape index (κ2) is 10.9. The second-order valence-electron chi connectivity index (χ2n) is 9.92. The molecule has 0 spiro atoms. The number of hydrogen-bond donors (Lipinski definition) is 1. The number of carboxylic acid groups (broad SMARTS) is 1. The molecule has 1 amide bonds. The zero-order valence-corrected chi connectivity index (χ0v) is 22.8. The first kappa shape index (κ1) is 26.8. The van der Waals surface area contributed by atoms with Crippen LogP contribution in [0, 0.1) is 5.82 Å². The number of aromatic carboxylic acids is 1. The fraction of sp³-hybridized carbons (Fsp3) is 0.310. The number of carbonyl (C=O) groups is 2. The molecule has 11 heteroatoms. The Kier molecular flexibility index (Phi) is 7.31. The molecule has 0 bridgehead atoms. The molecule has 0 unspecified atom stereocenters. The number of carboxylic acids is 1. The van der Waals surface area contributed by atoms with Crippen LogP contribution in [0.5, 0.6) is 5.75 Å². The van der Waals surface area contributed by atoms with Crippen LogP contribution in [0.15, 0.2) is 42.5 Å². The van der Waals surface area contributed by atoms with E-state index >= 15 is 4.39 Å².